The Morgan fingerprint density at radius 1 is 1.06 bits per heavy atom. The van der Waals surface area contributed by atoms with Crippen LogP contribution < -0.4 is 10.0 Å². The number of nitrogens with one attached hydrogen (secondary N) is 2. The number of hydrogen-bond acceptors (Lipinski definition) is 7. The van der Waals surface area contributed by atoms with E-state index in [0.29, 0.717) is 16.3 Å². The summed E-state index contributed by atoms with van der Waals surface area (Å²) in [5.74, 6) is -1.42. The summed E-state index contributed by atoms with van der Waals surface area (Å²) in [6.07, 6.45) is 0. The van der Waals surface area contributed by atoms with E-state index in [9.17, 15) is 18.0 Å². The molecule has 0 atom stereocenters. The maximum absolute atomic E-state index is 12.6. The van der Waals surface area contributed by atoms with E-state index in [1.165, 1.54) is 47.0 Å². The van der Waals surface area contributed by atoms with Crippen LogP contribution in [0, 0.1) is 0 Å². The van der Waals surface area contributed by atoms with Crippen molar-refractivity contribution >= 4 is 49.8 Å². The Morgan fingerprint density at radius 2 is 1.74 bits per heavy atom. The number of carbonyl (C=O) groups excluding carboxylic acids is 1. The molecule has 0 saturated heterocycles. The fraction of sp³-hybridized carbons (Fsp3) is 0.0526. The third-order valence-electron chi connectivity index (χ3n) is 4.22. The van der Waals surface area contributed by atoms with Gasteiger partial charge in [0.15, 0.2) is 0 Å². The summed E-state index contributed by atoms with van der Waals surface area (Å²) < 4.78 is 29.0. The van der Waals surface area contributed by atoms with Gasteiger partial charge in [0.2, 0.25) is 10.9 Å². The molecule has 2 aromatic carbocycles. The minimum absolute atomic E-state index is 0.0197. The number of aromatic carboxylic acids is 1. The molecule has 3 N–H and O–H groups in total. The topological polar surface area (TPSA) is 143 Å². The standard InChI is InChI=1S/C19H15N5O5S2/c1-11(25)20-14-6-2-12(3-7-14)16-10-30-19-21-18(22-24(16)19)23-31(28,29)15-8-4-13(5-9-15)17(26)27/h2-10H,1H3,(H,20,25)(H,22,23)(H,26,27). The molecule has 2 heterocycles. The molecule has 0 spiro atoms. The van der Waals surface area contributed by atoms with Gasteiger partial charge in [-0.15, -0.1) is 16.4 Å². The number of amides is 1. The van der Waals surface area contributed by atoms with Gasteiger partial charge in [-0.2, -0.15) is 4.98 Å². The first-order valence-electron chi connectivity index (χ1n) is 8.81. The van der Waals surface area contributed by atoms with E-state index < -0.39 is 16.0 Å². The van der Waals surface area contributed by atoms with Crippen LogP contribution in [0.5, 0.6) is 0 Å². The fourth-order valence-electron chi connectivity index (χ4n) is 2.81. The van der Waals surface area contributed by atoms with E-state index in [-0.39, 0.29) is 22.3 Å². The van der Waals surface area contributed by atoms with Crippen molar-refractivity contribution in [3.63, 3.8) is 0 Å². The number of carbonyl (C=O) groups is 2. The number of hydrogen-bond donors (Lipinski definition) is 3. The molecule has 0 aliphatic heterocycles. The number of fused-ring (bicyclic) bond motifs is 1. The lowest BCUT2D eigenvalue weighted by atomic mass is 10.1. The van der Waals surface area contributed by atoms with Gasteiger partial charge in [-0.3, -0.25) is 4.79 Å². The van der Waals surface area contributed by atoms with Crippen molar-refractivity contribution in [2.75, 3.05) is 10.0 Å². The summed E-state index contributed by atoms with van der Waals surface area (Å²) in [5.41, 5.74) is 2.15. The fourth-order valence-corrected chi connectivity index (χ4v) is 4.58. The highest BCUT2D eigenvalue weighted by Gasteiger charge is 2.19. The molecule has 31 heavy (non-hydrogen) atoms. The van der Waals surface area contributed by atoms with Gasteiger partial charge in [0.05, 0.1) is 16.2 Å². The van der Waals surface area contributed by atoms with Crippen LogP contribution in [-0.4, -0.2) is 40.0 Å². The Hall–Kier alpha value is -3.77. The van der Waals surface area contributed by atoms with Gasteiger partial charge in [-0.1, -0.05) is 12.1 Å². The molecular weight excluding hydrogens is 442 g/mol. The van der Waals surface area contributed by atoms with Crippen LogP contribution in [0.1, 0.15) is 17.3 Å². The predicted molar refractivity (Wildman–Crippen MR) is 115 cm³/mol. The van der Waals surface area contributed by atoms with Crippen LogP contribution in [0.2, 0.25) is 0 Å². The van der Waals surface area contributed by atoms with Crippen molar-refractivity contribution in [3.05, 3.63) is 59.5 Å². The van der Waals surface area contributed by atoms with Gasteiger partial charge >= 0.3 is 5.97 Å². The van der Waals surface area contributed by atoms with Crippen LogP contribution in [0.4, 0.5) is 11.6 Å². The van der Waals surface area contributed by atoms with Gasteiger partial charge < -0.3 is 10.4 Å². The summed E-state index contributed by atoms with van der Waals surface area (Å²) in [6, 6.07) is 11.9. The number of carboxylic acids is 1. The lowest BCUT2D eigenvalue weighted by Crippen LogP contribution is -2.14. The van der Waals surface area contributed by atoms with E-state index in [1.54, 1.807) is 12.1 Å². The molecule has 0 bridgehead atoms. The SMILES string of the molecule is CC(=O)Nc1ccc(-c2csc3nc(NS(=O)(=O)c4ccc(C(=O)O)cc4)nn23)cc1. The number of aromatic nitrogens is 3. The summed E-state index contributed by atoms with van der Waals surface area (Å²) in [4.78, 5) is 26.7. The molecular formula is C19H15N5O5S2. The lowest BCUT2D eigenvalue weighted by molar-refractivity contribution is -0.114. The number of thiazole rings is 1. The highest BCUT2D eigenvalue weighted by atomic mass is 32.2. The van der Waals surface area contributed by atoms with Gasteiger partial charge in [0.1, 0.15) is 0 Å². The van der Waals surface area contributed by atoms with Crippen LogP contribution in [0.3, 0.4) is 0 Å². The zero-order valence-corrected chi connectivity index (χ0v) is 17.6. The molecule has 4 rings (SSSR count). The molecule has 2 aromatic heterocycles. The molecule has 0 fully saturated rings. The lowest BCUT2D eigenvalue weighted by Gasteiger charge is -2.05. The van der Waals surface area contributed by atoms with E-state index in [2.05, 4.69) is 20.1 Å². The van der Waals surface area contributed by atoms with E-state index in [0.717, 1.165) is 5.56 Å². The summed E-state index contributed by atoms with van der Waals surface area (Å²) in [6.45, 7) is 1.43. The van der Waals surface area contributed by atoms with Gasteiger partial charge in [-0.25, -0.2) is 22.4 Å². The maximum atomic E-state index is 12.6. The minimum Gasteiger partial charge on any atom is -0.478 e. The van der Waals surface area contributed by atoms with Gasteiger partial charge in [0.25, 0.3) is 16.0 Å². The summed E-state index contributed by atoms with van der Waals surface area (Å²) in [7, 11) is -3.99. The molecule has 0 unspecified atom stereocenters. The number of sulfonamides is 1. The highest BCUT2D eigenvalue weighted by molar-refractivity contribution is 7.92. The second-order valence-electron chi connectivity index (χ2n) is 6.44. The third-order valence-corrected chi connectivity index (χ3v) is 6.38. The molecule has 0 aliphatic carbocycles. The number of nitrogens with zero attached hydrogens (tertiary/aromatic N) is 3. The third kappa shape index (κ3) is 4.25. The molecule has 158 valence electrons. The Kier molecular flexibility index (Phi) is 5.17. The van der Waals surface area contributed by atoms with Crippen molar-refractivity contribution in [1.29, 1.82) is 0 Å². The van der Waals surface area contributed by atoms with Crippen LogP contribution in [-0.2, 0) is 14.8 Å². The Labute approximate surface area is 180 Å². The Balaban J connectivity index is 1.59. The number of anilines is 2. The zero-order chi connectivity index (χ0) is 22.2. The first-order chi connectivity index (χ1) is 14.7. The molecule has 10 nitrogen and oxygen atoms in total. The van der Waals surface area contributed by atoms with Crippen molar-refractivity contribution in [3.8, 4) is 11.3 Å². The maximum Gasteiger partial charge on any atom is 0.335 e. The normalized spacial score (nSPS) is 11.4. The van der Waals surface area contributed by atoms with Gasteiger partial charge in [-0.05, 0) is 36.4 Å². The average Bonchev–Trinajstić information content (AvgIpc) is 3.28. The molecule has 0 aliphatic rings. The van der Waals surface area contributed by atoms with Crippen molar-refractivity contribution in [2.24, 2.45) is 0 Å². The monoisotopic (exact) mass is 457 g/mol. The van der Waals surface area contributed by atoms with Gasteiger partial charge in [0, 0.05) is 23.6 Å². The molecule has 12 heteroatoms. The molecule has 1 amide bonds. The first kappa shape index (κ1) is 20.5. The largest absolute Gasteiger partial charge is 0.478 e. The van der Waals surface area contributed by atoms with E-state index >= 15 is 0 Å². The van der Waals surface area contributed by atoms with Crippen LogP contribution in [0.25, 0.3) is 16.2 Å². The molecule has 0 saturated carbocycles. The average molecular weight is 457 g/mol. The number of rotatable bonds is 6. The quantitative estimate of drug-likeness (QED) is 0.404. The molecule has 0 radical (unpaired) electrons. The van der Waals surface area contributed by atoms with Crippen molar-refractivity contribution in [1.82, 2.24) is 14.6 Å². The van der Waals surface area contributed by atoms with E-state index in [1.807, 2.05) is 17.5 Å². The predicted octanol–water partition coefficient (Wildman–Crippen LogP) is 2.92. The Bertz CT molecular complexity index is 1390. The molecule has 4 aromatic rings. The van der Waals surface area contributed by atoms with Crippen molar-refractivity contribution in [2.45, 2.75) is 11.8 Å². The minimum atomic E-state index is -3.99. The second kappa shape index (κ2) is 7.81. The summed E-state index contributed by atoms with van der Waals surface area (Å²) in [5, 5.41) is 17.7. The van der Waals surface area contributed by atoms with Crippen LogP contribution >= 0.6 is 11.3 Å². The zero-order valence-electron chi connectivity index (χ0n) is 15.9. The number of carboxylic acid groups (broad SMARTS) is 1. The highest BCUT2D eigenvalue weighted by Crippen LogP contribution is 2.27. The second-order valence-corrected chi connectivity index (χ2v) is 8.96. The Morgan fingerprint density at radius 3 is 2.35 bits per heavy atom. The number of benzene rings is 2. The summed E-state index contributed by atoms with van der Waals surface area (Å²) >= 11 is 1.29. The van der Waals surface area contributed by atoms with Crippen molar-refractivity contribution < 1.29 is 23.1 Å². The van der Waals surface area contributed by atoms with E-state index in [4.69, 9.17) is 5.11 Å². The van der Waals surface area contributed by atoms with Crippen LogP contribution in [0.15, 0.2) is 58.8 Å². The first-order valence-corrected chi connectivity index (χ1v) is 11.2. The smallest absolute Gasteiger partial charge is 0.335 e.